The molecule has 0 aliphatic heterocycles. The second-order valence-electron chi connectivity index (χ2n) is 9.41. The van der Waals surface area contributed by atoms with Crippen LogP contribution in [0.4, 0.5) is 0 Å². The Hall–Kier alpha value is -0.860. The molecule has 4 unspecified atom stereocenters. The highest BCUT2D eigenvalue weighted by Crippen LogP contribution is 2.66. The second-order valence-corrected chi connectivity index (χ2v) is 9.41. The van der Waals surface area contributed by atoms with Crippen LogP contribution in [0.1, 0.15) is 52.4 Å². The van der Waals surface area contributed by atoms with Gasteiger partial charge in [0.2, 0.25) is 0 Å². The van der Waals surface area contributed by atoms with Crippen molar-refractivity contribution < 1.29 is 20.4 Å². The number of aliphatic hydroxyl groups is 4. The monoisotopic (exact) mass is 346 g/mol. The minimum atomic E-state index is -1.52. The molecule has 0 aromatic heterocycles. The van der Waals surface area contributed by atoms with Crippen LogP contribution < -0.4 is 0 Å². The van der Waals surface area contributed by atoms with E-state index in [1.165, 1.54) is 5.57 Å². The third kappa shape index (κ3) is 2.04. The number of aliphatic hydroxyl groups excluding tert-OH is 3. The van der Waals surface area contributed by atoms with Crippen LogP contribution in [0.2, 0.25) is 0 Å². The van der Waals surface area contributed by atoms with E-state index in [0.717, 1.165) is 25.7 Å². The maximum absolute atomic E-state index is 11.0. The molecule has 4 N–H and O–H groups in total. The summed E-state index contributed by atoms with van der Waals surface area (Å²) in [7, 11) is 0. The first-order valence-corrected chi connectivity index (χ1v) is 9.63. The molecule has 25 heavy (non-hydrogen) atoms. The molecular weight excluding hydrogens is 316 g/mol. The van der Waals surface area contributed by atoms with Crippen molar-refractivity contribution in [3.8, 4) is 12.3 Å². The summed E-state index contributed by atoms with van der Waals surface area (Å²) < 4.78 is 0. The number of hydrogen-bond acceptors (Lipinski definition) is 4. The maximum Gasteiger partial charge on any atom is 0.156 e. The van der Waals surface area contributed by atoms with E-state index in [4.69, 9.17) is 6.42 Å². The third-order valence-corrected chi connectivity index (χ3v) is 8.54. The fourth-order valence-corrected chi connectivity index (χ4v) is 6.92. The van der Waals surface area contributed by atoms with Crippen LogP contribution in [0.25, 0.3) is 0 Å². The van der Waals surface area contributed by atoms with Gasteiger partial charge in [-0.3, -0.25) is 0 Å². The van der Waals surface area contributed by atoms with Crippen molar-refractivity contribution in [2.24, 2.45) is 28.6 Å². The molecule has 0 aromatic carbocycles. The normalized spacial score (nSPS) is 57.7. The van der Waals surface area contributed by atoms with Gasteiger partial charge >= 0.3 is 0 Å². The van der Waals surface area contributed by atoms with Gasteiger partial charge in [0, 0.05) is 5.41 Å². The van der Waals surface area contributed by atoms with E-state index in [1.54, 1.807) is 0 Å². The van der Waals surface area contributed by atoms with E-state index in [1.807, 2.05) is 13.0 Å². The average molecular weight is 346 g/mol. The molecule has 4 rings (SSSR count). The van der Waals surface area contributed by atoms with Gasteiger partial charge in [0.05, 0.1) is 18.3 Å². The van der Waals surface area contributed by atoms with Gasteiger partial charge in [-0.1, -0.05) is 31.4 Å². The Labute approximate surface area is 150 Å². The fourth-order valence-electron chi connectivity index (χ4n) is 6.92. The van der Waals surface area contributed by atoms with Gasteiger partial charge in [-0.25, -0.2) is 0 Å². The fraction of sp³-hybridized carbons (Fsp3) is 0.810. The van der Waals surface area contributed by atoms with Crippen LogP contribution in [0.5, 0.6) is 0 Å². The van der Waals surface area contributed by atoms with Gasteiger partial charge in [0.1, 0.15) is 0 Å². The standard InChI is InChI=1S/C21H30O4/c1-4-21(25)17(24)11-15-18-14(6-8-20(15,21)3)19(2)7-5-13(22)9-12(19)10-16(18)23/h1,10,13-18,22-25H,5-9,11H2,2-3H3/t13-,14?,15?,16?,17+,18?,19+,20+,21+/m1/s1. The number of fused-ring (bicyclic) bond motifs is 5. The molecular formula is C21H30O4. The summed E-state index contributed by atoms with van der Waals surface area (Å²) >= 11 is 0. The first-order valence-electron chi connectivity index (χ1n) is 9.63. The van der Waals surface area contributed by atoms with Crippen LogP contribution >= 0.6 is 0 Å². The number of rotatable bonds is 0. The Morgan fingerprint density at radius 2 is 1.84 bits per heavy atom. The predicted octanol–water partition coefficient (Wildman–Crippen LogP) is 1.62. The molecule has 0 saturated heterocycles. The molecule has 0 radical (unpaired) electrons. The maximum atomic E-state index is 11.0. The SMILES string of the molecule is C#C[C@]1(O)[C@@H](O)CC2C3C(O)C=C4C[C@H](O)CC[C@]4(C)C3CC[C@@]21C. The Morgan fingerprint density at radius 1 is 1.12 bits per heavy atom. The van der Waals surface area contributed by atoms with Crippen LogP contribution in [-0.2, 0) is 0 Å². The molecule has 3 saturated carbocycles. The summed E-state index contributed by atoms with van der Waals surface area (Å²) in [5.41, 5.74) is -0.907. The lowest BCUT2D eigenvalue weighted by Gasteiger charge is -2.59. The van der Waals surface area contributed by atoms with Gasteiger partial charge in [0.15, 0.2) is 5.60 Å². The molecule has 0 heterocycles. The summed E-state index contributed by atoms with van der Waals surface area (Å²) in [4.78, 5) is 0. The molecule has 0 amide bonds. The minimum Gasteiger partial charge on any atom is -0.393 e. The summed E-state index contributed by atoms with van der Waals surface area (Å²) in [5.74, 6) is 2.79. The molecule has 4 nitrogen and oxygen atoms in total. The molecule has 0 aromatic rings. The first kappa shape index (κ1) is 17.5. The molecule has 138 valence electrons. The molecule has 0 spiro atoms. The predicted molar refractivity (Wildman–Crippen MR) is 94.3 cm³/mol. The highest BCUT2D eigenvalue weighted by atomic mass is 16.3. The van der Waals surface area contributed by atoms with E-state index >= 15 is 0 Å². The number of terminal acetylenes is 1. The highest BCUT2D eigenvalue weighted by Gasteiger charge is 2.68. The summed E-state index contributed by atoms with van der Waals surface area (Å²) in [6.45, 7) is 4.26. The smallest absolute Gasteiger partial charge is 0.156 e. The quantitative estimate of drug-likeness (QED) is 0.397. The molecule has 4 aliphatic carbocycles. The molecule has 3 fully saturated rings. The molecule has 0 bridgehead atoms. The van der Waals surface area contributed by atoms with E-state index in [-0.39, 0.29) is 23.4 Å². The Balaban J connectivity index is 1.77. The van der Waals surface area contributed by atoms with Crippen molar-refractivity contribution in [2.45, 2.75) is 76.3 Å². The van der Waals surface area contributed by atoms with Crippen LogP contribution in [0, 0.1) is 40.9 Å². The summed E-state index contributed by atoms with van der Waals surface area (Å²) in [6.07, 6.45) is 10.2. The Morgan fingerprint density at radius 3 is 2.52 bits per heavy atom. The van der Waals surface area contributed by atoms with Gasteiger partial charge in [-0.2, -0.15) is 0 Å². The van der Waals surface area contributed by atoms with Gasteiger partial charge < -0.3 is 20.4 Å². The zero-order valence-electron chi connectivity index (χ0n) is 15.2. The van der Waals surface area contributed by atoms with E-state index in [2.05, 4.69) is 12.8 Å². The van der Waals surface area contributed by atoms with Crippen molar-refractivity contribution in [3.05, 3.63) is 11.6 Å². The van der Waals surface area contributed by atoms with Crippen LogP contribution in [-0.4, -0.2) is 44.3 Å². The molecule has 4 aliphatic rings. The second kappa shape index (κ2) is 5.33. The van der Waals surface area contributed by atoms with Gasteiger partial charge in [0.25, 0.3) is 0 Å². The summed E-state index contributed by atoms with van der Waals surface area (Å²) in [5, 5.41) is 42.6. The third-order valence-electron chi connectivity index (χ3n) is 8.54. The van der Waals surface area contributed by atoms with Crippen molar-refractivity contribution >= 4 is 0 Å². The summed E-state index contributed by atoms with van der Waals surface area (Å²) in [6, 6.07) is 0. The Kier molecular flexibility index (Phi) is 3.74. The van der Waals surface area contributed by atoms with Crippen molar-refractivity contribution in [3.63, 3.8) is 0 Å². The van der Waals surface area contributed by atoms with E-state index in [9.17, 15) is 20.4 Å². The molecule has 9 atom stereocenters. The van der Waals surface area contributed by atoms with Gasteiger partial charge in [-0.15, -0.1) is 6.42 Å². The largest absolute Gasteiger partial charge is 0.393 e. The minimum absolute atomic E-state index is 0.000215. The average Bonchev–Trinajstić information content (AvgIpc) is 2.77. The lowest BCUT2D eigenvalue weighted by Crippen LogP contribution is -2.58. The van der Waals surface area contributed by atoms with Crippen LogP contribution in [0.3, 0.4) is 0 Å². The Bertz CT molecular complexity index is 651. The molecule has 4 heteroatoms. The van der Waals surface area contributed by atoms with Crippen LogP contribution in [0.15, 0.2) is 11.6 Å². The van der Waals surface area contributed by atoms with E-state index in [0.29, 0.717) is 18.8 Å². The van der Waals surface area contributed by atoms with Crippen molar-refractivity contribution in [1.29, 1.82) is 0 Å². The lowest BCUT2D eigenvalue weighted by molar-refractivity contribution is -0.135. The van der Waals surface area contributed by atoms with Crippen molar-refractivity contribution in [1.82, 2.24) is 0 Å². The lowest BCUT2D eigenvalue weighted by atomic mass is 9.46. The van der Waals surface area contributed by atoms with Gasteiger partial charge in [-0.05, 0) is 61.7 Å². The van der Waals surface area contributed by atoms with Crippen molar-refractivity contribution in [2.75, 3.05) is 0 Å². The topological polar surface area (TPSA) is 80.9 Å². The zero-order chi connectivity index (χ0) is 18.2. The highest BCUT2D eigenvalue weighted by molar-refractivity contribution is 5.32. The first-order chi connectivity index (χ1) is 11.7. The zero-order valence-corrected chi connectivity index (χ0v) is 15.2. The van der Waals surface area contributed by atoms with E-state index < -0.39 is 23.2 Å². The number of hydrogen-bond donors (Lipinski definition) is 4.